The number of hydrogen-bond donors (Lipinski definition) is 0. The van der Waals surface area contributed by atoms with Crippen LogP contribution in [-0.4, -0.2) is 0 Å². The number of hydrogen-bond acceptors (Lipinski definition) is 0. The van der Waals surface area contributed by atoms with Crippen LogP contribution in [0.4, 0.5) is 0 Å². The monoisotopic (exact) mass is 134 g/mol. The van der Waals surface area contributed by atoms with Crippen LogP contribution in [0, 0.1) is 0 Å². The van der Waals surface area contributed by atoms with Crippen molar-refractivity contribution in [1.29, 1.82) is 0 Å². The summed E-state index contributed by atoms with van der Waals surface area (Å²) in [6.07, 6.45) is 1.71. The van der Waals surface area contributed by atoms with Crippen LogP contribution in [0.1, 0.15) is 0 Å². The van der Waals surface area contributed by atoms with Gasteiger partial charge in [0.15, 0.2) is 0 Å². The molecule has 0 aliphatic rings. The van der Waals surface area contributed by atoms with Gasteiger partial charge in [-0.25, -0.2) is 0 Å². The fraction of sp³-hybridized carbons (Fsp3) is 0.333. The van der Waals surface area contributed by atoms with Gasteiger partial charge in [0.05, 0.1) is 0 Å². The molecule has 0 aromatic rings. The molecule has 0 radical (unpaired) electrons. The molecule has 0 rings (SSSR count). The van der Waals surface area contributed by atoms with Crippen LogP contribution in [0.2, 0.25) is 5.39 Å². The number of allylic oxidation sites excluding steroid dienone is 1. The van der Waals surface area contributed by atoms with Crippen molar-refractivity contribution < 1.29 is 27.9 Å². The van der Waals surface area contributed by atoms with Crippen LogP contribution >= 0.6 is 0 Å². The third-order valence-corrected chi connectivity index (χ3v) is 0.376. The van der Waals surface area contributed by atoms with Gasteiger partial charge in [0.25, 0.3) is 0 Å². The maximum atomic E-state index is 4.20. The molecule has 0 nitrogen and oxygen atoms in total. The molecule has 0 aliphatic heterocycles. The topological polar surface area (TPSA) is 0 Å². The first-order valence-corrected chi connectivity index (χ1v) is 1.74. The Morgan fingerprint density at radius 2 is 2.00 bits per heavy atom. The molecule has 0 amide bonds. The molecular formula is C3H5ClNi. The Hall–Kier alpha value is 0.524. The molecule has 0 heterocycles. The van der Waals surface area contributed by atoms with E-state index in [1.807, 2.05) is 0 Å². The van der Waals surface area contributed by atoms with Gasteiger partial charge in [0.1, 0.15) is 0 Å². The molecule has 0 aromatic carbocycles. The second kappa shape index (κ2) is 8.82. The Morgan fingerprint density at radius 1 is 1.80 bits per heavy atom. The Kier molecular flexibility index (Phi) is 16.1. The first-order valence-electron chi connectivity index (χ1n) is 1.04. The summed E-state index contributed by atoms with van der Waals surface area (Å²) < 4.78 is 0. The van der Waals surface area contributed by atoms with Crippen LogP contribution in [0.15, 0.2) is 12.7 Å². The van der Waals surface area contributed by atoms with E-state index in [0.29, 0.717) is 5.39 Å². The van der Waals surface area contributed by atoms with E-state index in [4.69, 9.17) is 0 Å². The zero-order chi connectivity index (χ0) is 3.41. The van der Waals surface area contributed by atoms with Crippen molar-refractivity contribution >= 4 is 0 Å². The third kappa shape index (κ3) is 12.4. The third-order valence-electron chi connectivity index (χ3n) is 0.0913. The largest absolute Gasteiger partial charge is 1.00 e. The molecule has 0 spiro atoms. The van der Waals surface area contributed by atoms with Crippen molar-refractivity contribution in [1.82, 2.24) is 0 Å². The van der Waals surface area contributed by atoms with Gasteiger partial charge in [-0.05, 0) is 0 Å². The van der Waals surface area contributed by atoms with Crippen molar-refractivity contribution in [3.05, 3.63) is 12.7 Å². The summed E-state index contributed by atoms with van der Waals surface area (Å²) in [7, 11) is 0. The quantitative estimate of drug-likeness (QED) is 0.292. The van der Waals surface area contributed by atoms with Crippen LogP contribution < -0.4 is 12.4 Å². The van der Waals surface area contributed by atoms with E-state index >= 15 is 0 Å². The van der Waals surface area contributed by atoms with Crippen LogP contribution in [0.5, 0.6) is 0 Å². The van der Waals surface area contributed by atoms with Gasteiger partial charge in [-0.15, -0.1) is 0 Å². The summed E-state index contributed by atoms with van der Waals surface area (Å²) in [4.78, 5) is 0. The Labute approximate surface area is 46.4 Å². The molecule has 0 N–H and O–H groups in total. The van der Waals surface area contributed by atoms with Crippen molar-refractivity contribution in [2.45, 2.75) is 5.39 Å². The van der Waals surface area contributed by atoms with Gasteiger partial charge < -0.3 is 12.4 Å². The van der Waals surface area contributed by atoms with Crippen molar-refractivity contribution in [2.24, 2.45) is 0 Å². The van der Waals surface area contributed by atoms with Gasteiger partial charge in [-0.2, -0.15) is 0 Å². The summed E-state index contributed by atoms with van der Waals surface area (Å²) >= 11 is 4.20. The maximum absolute atomic E-state index is 4.20. The zero-order valence-corrected chi connectivity index (χ0v) is 4.43. The molecule has 2 heteroatoms. The van der Waals surface area contributed by atoms with E-state index in [2.05, 4.69) is 22.0 Å². The Balaban J connectivity index is 0. The molecule has 0 saturated carbocycles. The molecule has 0 bridgehead atoms. The molecule has 34 valence electrons. The molecular weight excluding hydrogens is 130 g/mol. The average Bonchev–Trinajstić information content (AvgIpc) is 1.37. The molecule has 0 fully saturated rings. The summed E-state index contributed by atoms with van der Waals surface area (Å²) in [6.45, 7) is 3.39. The molecule has 0 aliphatic carbocycles. The first kappa shape index (κ1) is 9.10. The fourth-order valence-electron chi connectivity index (χ4n) is 0. The smallest absolute Gasteiger partial charge is 1.00 e. The van der Waals surface area contributed by atoms with Crippen LogP contribution in [-0.2, 0) is 15.5 Å². The van der Waals surface area contributed by atoms with E-state index in [9.17, 15) is 0 Å². The predicted molar refractivity (Wildman–Crippen MR) is 15.0 cm³/mol. The van der Waals surface area contributed by atoms with E-state index < -0.39 is 0 Å². The molecule has 0 aromatic heterocycles. The second-order valence-electron chi connectivity index (χ2n) is 0.418. The van der Waals surface area contributed by atoms with Crippen molar-refractivity contribution in [3.8, 4) is 0 Å². The molecule has 0 unspecified atom stereocenters. The van der Waals surface area contributed by atoms with E-state index in [-0.39, 0.29) is 12.4 Å². The molecule has 0 atom stereocenters. The van der Waals surface area contributed by atoms with Gasteiger partial charge >= 0.3 is 33.5 Å². The number of halogens is 1. The Bertz CT molecular complexity index is 20.9. The van der Waals surface area contributed by atoms with E-state index in [0.717, 1.165) is 0 Å². The van der Waals surface area contributed by atoms with Gasteiger partial charge in [-0.3, -0.25) is 0 Å². The summed E-state index contributed by atoms with van der Waals surface area (Å²) in [5, 5.41) is 0.708. The molecule has 5 heavy (non-hydrogen) atoms. The van der Waals surface area contributed by atoms with Crippen molar-refractivity contribution in [3.63, 3.8) is 0 Å². The SMILES string of the molecule is C=C[CH2][Ni+].[Cl-]. The van der Waals surface area contributed by atoms with Gasteiger partial charge in [0.2, 0.25) is 0 Å². The Morgan fingerprint density at radius 3 is 2.00 bits per heavy atom. The first-order chi connectivity index (χ1) is 1.91. The summed E-state index contributed by atoms with van der Waals surface area (Å²) in [5.41, 5.74) is 0. The molecule has 0 saturated heterocycles. The standard InChI is InChI=1S/C3H5.ClH.Ni/c1-3-2;;/h3H,1-2H2;1H;/q;;+1/p-1. The minimum absolute atomic E-state index is 0. The average molecular weight is 135 g/mol. The van der Waals surface area contributed by atoms with E-state index in [1.165, 1.54) is 0 Å². The predicted octanol–water partition coefficient (Wildman–Crippen LogP) is -1.86. The normalized spacial score (nSPS) is 5.20. The summed E-state index contributed by atoms with van der Waals surface area (Å²) in [6, 6.07) is 0. The van der Waals surface area contributed by atoms with Crippen LogP contribution in [0.3, 0.4) is 0 Å². The number of rotatable bonds is 1. The van der Waals surface area contributed by atoms with Gasteiger partial charge in [-0.1, -0.05) is 0 Å². The summed E-state index contributed by atoms with van der Waals surface area (Å²) in [5.74, 6) is 0. The second-order valence-corrected chi connectivity index (χ2v) is 0.821. The minimum atomic E-state index is 0. The zero-order valence-electron chi connectivity index (χ0n) is 2.69. The van der Waals surface area contributed by atoms with Crippen LogP contribution in [0.25, 0.3) is 0 Å². The van der Waals surface area contributed by atoms with Crippen molar-refractivity contribution in [2.75, 3.05) is 0 Å². The van der Waals surface area contributed by atoms with Gasteiger partial charge in [0, 0.05) is 0 Å². The fourth-order valence-corrected chi connectivity index (χ4v) is 0. The van der Waals surface area contributed by atoms with E-state index in [1.54, 1.807) is 6.08 Å². The maximum Gasteiger partial charge on any atom is -1.00 e. The minimum Gasteiger partial charge on any atom is -1.00 e.